The zero-order chi connectivity index (χ0) is 33.2. The fraction of sp³-hybridized carbons (Fsp3) is 0.455. The van der Waals surface area contributed by atoms with Crippen molar-refractivity contribution in [1.82, 2.24) is 29.1 Å². The van der Waals surface area contributed by atoms with Crippen molar-refractivity contribution in [3.63, 3.8) is 0 Å². The molecular formula is C33H36F3N7O3S. The number of carbonyl (C=O) groups is 1. The van der Waals surface area contributed by atoms with Crippen LogP contribution < -0.4 is 10.6 Å². The molecule has 7 rings (SSSR count). The van der Waals surface area contributed by atoms with Crippen molar-refractivity contribution in [3.05, 3.63) is 59.2 Å². The Morgan fingerprint density at radius 1 is 1.15 bits per heavy atom. The van der Waals surface area contributed by atoms with Crippen molar-refractivity contribution in [3.8, 4) is 11.1 Å². The number of hydrogen-bond acceptors (Lipinski definition) is 8. The van der Waals surface area contributed by atoms with Crippen molar-refractivity contribution < 1.29 is 22.7 Å². The van der Waals surface area contributed by atoms with Crippen molar-refractivity contribution in [2.75, 3.05) is 56.6 Å². The van der Waals surface area contributed by atoms with Gasteiger partial charge in [0.05, 0.1) is 42.0 Å². The molecule has 1 unspecified atom stereocenters. The quantitative estimate of drug-likeness (QED) is 0.287. The van der Waals surface area contributed by atoms with E-state index in [4.69, 9.17) is 4.74 Å². The molecule has 3 aliphatic heterocycles. The minimum atomic E-state index is -4.71. The first-order valence-corrected chi connectivity index (χ1v) is 16.7. The first-order valence-electron chi connectivity index (χ1n) is 15.7. The molecule has 4 aromatic rings. The summed E-state index contributed by atoms with van der Waals surface area (Å²) in [5.74, 6) is 0.396. The van der Waals surface area contributed by atoms with Gasteiger partial charge >= 0.3 is 11.9 Å². The predicted octanol–water partition coefficient (Wildman–Crippen LogP) is 4.56. The molecule has 2 fully saturated rings. The smallest absolute Gasteiger partial charge is 0.379 e. The summed E-state index contributed by atoms with van der Waals surface area (Å²) in [5, 5.41) is 5.33. The first-order chi connectivity index (χ1) is 22.5. The zero-order valence-corrected chi connectivity index (χ0v) is 27.3. The number of para-hydroxylation sites is 1. The van der Waals surface area contributed by atoms with E-state index in [-0.39, 0.29) is 40.8 Å². The van der Waals surface area contributed by atoms with E-state index < -0.39 is 17.4 Å². The van der Waals surface area contributed by atoms with Crippen LogP contribution in [0, 0.1) is 0 Å². The molecule has 0 saturated carbocycles. The van der Waals surface area contributed by atoms with Crippen LogP contribution in [0.5, 0.6) is 0 Å². The molecular weight excluding hydrogens is 631 g/mol. The van der Waals surface area contributed by atoms with E-state index in [2.05, 4.69) is 21.6 Å². The van der Waals surface area contributed by atoms with Crippen LogP contribution >= 0.6 is 11.8 Å². The first kappa shape index (κ1) is 31.7. The van der Waals surface area contributed by atoms with Crippen LogP contribution in [0.4, 0.5) is 19.0 Å². The zero-order valence-electron chi connectivity index (χ0n) is 26.5. The van der Waals surface area contributed by atoms with Gasteiger partial charge in [0, 0.05) is 84.4 Å². The van der Waals surface area contributed by atoms with Gasteiger partial charge in [0.2, 0.25) is 5.91 Å². The fourth-order valence-corrected chi connectivity index (χ4v) is 8.83. The highest BCUT2D eigenvalue weighted by Gasteiger charge is 2.41. The van der Waals surface area contributed by atoms with Crippen LogP contribution in [0.1, 0.15) is 25.5 Å². The lowest BCUT2D eigenvalue weighted by Crippen LogP contribution is -2.58. The van der Waals surface area contributed by atoms with E-state index in [1.165, 1.54) is 23.9 Å². The average molecular weight is 668 g/mol. The van der Waals surface area contributed by atoms with Crippen molar-refractivity contribution >= 4 is 45.3 Å². The van der Waals surface area contributed by atoms with Crippen LogP contribution in [0.2, 0.25) is 0 Å². The van der Waals surface area contributed by atoms with E-state index in [1.807, 2.05) is 24.8 Å². The topological polar surface area (TPSA) is 88.7 Å². The fourth-order valence-electron chi connectivity index (χ4n) is 7.51. The highest BCUT2D eigenvalue weighted by molar-refractivity contribution is 7.99. The number of fused-ring (bicyclic) bond motifs is 1. The van der Waals surface area contributed by atoms with Crippen molar-refractivity contribution in [2.24, 2.45) is 7.05 Å². The lowest BCUT2D eigenvalue weighted by molar-refractivity contribution is -0.137. The highest BCUT2D eigenvalue weighted by Crippen LogP contribution is 2.51. The molecule has 0 spiro atoms. The van der Waals surface area contributed by atoms with E-state index in [9.17, 15) is 9.59 Å². The van der Waals surface area contributed by atoms with Crippen molar-refractivity contribution in [1.29, 1.82) is 0 Å². The number of aryl methyl sites for hydroxylation is 1. The van der Waals surface area contributed by atoms with Gasteiger partial charge < -0.3 is 14.5 Å². The van der Waals surface area contributed by atoms with Gasteiger partial charge in [-0.25, -0.2) is 4.79 Å². The molecule has 5 heterocycles. The van der Waals surface area contributed by atoms with Crippen LogP contribution in [-0.2, 0) is 22.8 Å². The normalized spacial score (nSPS) is 22.3. The Bertz CT molecular complexity index is 1940. The molecule has 1 amide bonds. The number of piperazine rings is 1. The lowest BCUT2D eigenvalue weighted by atomic mass is 9.94. The molecule has 3 atom stereocenters. The molecule has 2 aromatic heterocycles. The summed E-state index contributed by atoms with van der Waals surface area (Å²) >= 11 is 1.36. The van der Waals surface area contributed by atoms with Crippen LogP contribution in [0.25, 0.3) is 32.9 Å². The molecule has 2 aromatic carbocycles. The Morgan fingerprint density at radius 2 is 1.87 bits per heavy atom. The third kappa shape index (κ3) is 5.39. The number of ether oxygens (including phenoxy) is 1. The van der Waals surface area contributed by atoms with Gasteiger partial charge in [-0.1, -0.05) is 24.8 Å². The van der Waals surface area contributed by atoms with E-state index >= 15 is 13.2 Å². The van der Waals surface area contributed by atoms with Gasteiger partial charge in [0.25, 0.3) is 0 Å². The lowest BCUT2D eigenvalue weighted by Gasteiger charge is -2.45. The second-order valence-corrected chi connectivity index (χ2v) is 13.6. The van der Waals surface area contributed by atoms with Gasteiger partial charge in [-0.15, -0.1) is 11.8 Å². The maximum atomic E-state index is 15.3. The SMILES string of the molecule is C=CC(=O)N1[C@H](C)CN(c2nc(=O)n3c4c(c(-c5cccc6cnn(C)c56)c(C(F)(F)F)cc24)SCC3CN2CCOCC2)C[C@@H]1C. The van der Waals surface area contributed by atoms with Gasteiger partial charge in [-0.3, -0.25) is 18.9 Å². The second kappa shape index (κ2) is 12.0. The summed E-state index contributed by atoms with van der Waals surface area (Å²) in [6.45, 7) is 11.1. The maximum absolute atomic E-state index is 15.3. The molecule has 0 aliphatic carbocycles. The third-order valence-electron chi connectivity index (χ3n) is 9.49. The van der Waals surface area contributed by atoms with Crippen LogP contribution in [-0.4, -0.2) is 98.8 Å². The van der Waals surface area contributed by atoms with E-state index in [0.717, 1.165) is 5.39 Å². The predicted molar refractivity (Wildman–Crippen MR) is 176 cm³/mol. The maximum Gasteiger partial charge on any atom is 0.417 e. The Labute approximate surface area is 273 Å². The highest BCUT2D eigenvalue weighted by atomic mass is 32.2. The Balaban J connectivity index is 1.50. The number of amides is 1. The third-order valence-corrected chi connectivity index (χ3v) is 10.7. The number of morpholine rings is 1. The molecule has 10 nitrogen and oxygen atoms in total. The monoisotopic (exact) mass is 667 g/mol. The summed E-state index contributed by atoms with van der Waals surface area (Å²) in [6.07, 6.45) is -1.80. The minimum Gasteiger partial charge on any atom is -0.379 e. The molecule has 0 bridgehead atoms. The molecule has 0 N–H and O–H groups in total. The molecule has 248 valence electrons. The summed E-state index contributed by atoms with van der Waals surface area (Å²) < 4.78 is 54.5. The average Bonchev–Trinajstić information content (AvgIpc) is 3.43. The second-order valence-electron chi connectivity index (χ2n) is 12.6. The number of hydrogen-bond donors (Lipinski definition) is 0. The number of nitrogens with zero attached hydrogens (tertiary/aromatic N) is 7. The number of anilines is 1. The van der Waals surface area contributed by atoms with Gasteiger partial charge in [0.15, 0.2) is 0 Å². The number of rotatable bonds is 5. The van der Waals surface area contributed by atoms with Gasteiger partial charge in [0.1, 0.15) is 5.82 Å². The number of alkyl halides is 3. The van der Waals surface area contributed by atoms with E-state index in [0.29, 0.717) is 73.2 Å². The number of aromatic nitrogens is 4. The molecule has 0 radical (unpaired) electrons. The van der Waals surface area contributed by atoms with Crippen molar-refractivity contribution in [2.45, 2.75) is 43.0 Å². The van der Waals surface area contributed by atoms with Gasteiger partial charge in [-0.2, -0.15) is 23.3 Å². The van der Waals surface area contributed by atoms with Gasteiger partial charge in [-0.05, 0) is 26.0 Å². The molecule has 47 heavy (non-hydrogen) atoms. The number of carbonyl (C=O) groups excluding carboxylic acids is 1. The summed E-state index contributed by atoms with van der Waals surface area (Å²) in [7, 11) is 1.72. The number of thioether (sulfide) groups is 1. The molecule has 2 saturated heterocycles. The Kier molecular flexibility index (Phi) is 8.08. The Hall–Kier alpha value is -3.88. The van der Waals surface area contributed by atoms with Crippen LogP contribution in [0.3, 0.4) is 0 Å². The summed E-state index contributed by atoms with van der Waals surface area (Å²) in [4.78, 5) is 37.5. The Morgan fingerprint density at radius 3 is 2.55 bits per heavy atom. The number of benzene rings is 2. The summed E-state index contributed by atoms with van der Waals surface area (Å²) in [6, 6.07) is 5.55. The summed E-state index contributed by atoms with van der Waals surface area (Å²) in [5.41, 5.74) is 0.203. The van der Waals surface area contributed by atoms with Crippen LogP contribution in [0.15, 0.2) is 52.8 Å². The van der Waals surface area contributed by atoms with E-state index in [1.54, 1.807) is 39.5 Å². The number of halogens is 3. The minimum absolute atomic E-state index is 0.0439. The largest absolute Gasteiger partial charge is 0.417 e. The standard InChI is InChI=1S/C33H36F3N7O3S/c1-5-26(44)42-19(2)15-41(16-20(42)3)31-24-13-25(33(34,35)36)27(23-8-6-7-21-14-37-39(4)28(21)23)30-29(24)43(32(45)38-31)22(18-47-30)17-40-9-11-46-12-10-40/h5-8,13-14,19-20,22H,1,9-12,15-18H2,2-4H3/t19-,20+,22?. The molecule has 3 aliphatic rings. The molecule has 14 heteroatoms.